The van der Waals surface area contributed by atoms with Crippen LogP contribution in [0.1, 0.15) is 21.1 Å². The van der Waals surface area contributed by atoms with E-state index in [4.69, 9.17) is 18.6 Å². The predicted molar refractivity (Wildman–Crippen MR) is 141 cm³/mol. The molecule has 192 valence electrons. The van der Waals surface area contributed by atoms with Gasteiger partial charge in [0.1, 0.15) is 16.5 Å². The fourth-order valence-electron chi connectivity index (χ4n) is 3.89. The van der Waals surface area contributed by atoms with Crippen LogP contribution in [-0.4, -0.2) is 39.6 Å². The highest BCUT2D eigenvalue weighted by Gasteiger charge is 2.21. The van der Waals surface area contributed by atoms with Crippen molar-refractivity contribution < 1.29 is 23.4 Å². The van der Waals surface area contributed by atoms with E-state index < -0.39 is 0 Å². The summed E-state index contributed by atoms with van der Waals surface area (Å²) < 4.78 is 23.8. The second kappa shape index (κ2) is 10.6. The molecule has 0 radical (unpaired) electrons. The third kappa shape index (κ3) is 4.83. The molecule has 0 spiro atoms. The van der Waals surface area contributed by atoms with Gasteiger partial charge in [-0.1, -0.05) is 30.0 Å². The van der Waals surface area contributed by atoms with E-state index >= 15 is 0 Å². The molecule has 4 heterocycles. The summed E-state index contributed by atoms with van der Waals surface area (Å²) in [4.78, 5) is 17.2. The number of benzene rings is 2. The summed E-state index contributed by atoms with van der Waals surface area (Å²) in [6.45, 7) is 0.568. The minimum Gasteiger partial charge on any atom is -0.495 e. The van der Waals surface area contributed by atoms with Crippen LogP contribution >= 0.6 is 23.1 Å². The summed E-state index contributed by atoms with van der Waals surface area (Å²) in [7, 11) is 1.62. The molecule has 0 atom stereocenters. The Labute approximate surface area is 225 Å². The van der Waals surface area contributed by atoms with Crippen molar-refractivity contribution in [3.63, 3.8) is 0 Å². The van der Waals surface area contributed by atoms with E-state index in [1.807, 2.05) is 53.1 Å². The minimum absolute atomic E-state index is 0.212. The molecular formula is C26H21N5O5S2. The van der Waals surface area contributed by atoms with Gasteiger partial charge in [-0.2, -0.15) is 0 Å². The molecule has 5 aromatic rings. The van der Waals surface area contributed by atoms with Gasteiger partial charge in [0.05, 0.1) is 24.8 Å². The lowest BCUT2D eigenvalue weighted by Crippen LogP contribution is -2.23. The first-order valence-corrected chi connectivity index (χ1v) is 13.4. The first kappa shape index (κ1) is 24.1. The molecule has 6 rings (SSSR count). The number of hydrogen-bond acceptors (Lipinski definition) is 10. The van der Waals surface area contributed by atoms with Crippen LogP contribution in [0, 0.1) is 0 Å². The lowest BCUT2D eigenvalue weighted by Gasteiger charge is -2.12. The fourth-order valence-corrected chi connectivity index (χ4v) is 5.63. The number of furan rings is 1. The number of rotatable bonds is 9. The normalized spacial score (nSPS) is 12.0. The van der Waals surface area contributed by atoms with E-state index in [-0.39, 0.29) is 12.7 Å². The van der Waals surface area contributed by atoms with E-state index in [1.54, 1.807) is 24.8 Å². The van der Waals surface area contributed by atoms with Crippen molar-refractivity contribution in [2.45, 2.75) is 17.5 Å². The molecule has 1 N–H and O–H groups in total. The number of nitrogens with zero attached hydrogens (tertiary/aromatic N) is 4. The van der Waals surface area contributed by atoms with Crippen molar-refractivity contribution in [1.29, 1.82) is 0 Å². The SMILES string of the molecule is COc1ccccc1-n1c(SCc2nc(C(=O)NCc3ccc4c(c3)OCO4)cs2)nnc1-c1ccco1. The standard InChI is InChI=1S/C26H21N5O5S2/c1-33-19-6-3-2-5-18(19)31-24(21-7-4-10-34-21)29-30-26(31)38-14-23-28-17(13-37-23)25(32)27-12-16-8-9-20-22(11-16)36-15-35-20/h2-11,13H,12,14-15H2,1H3,(H,27,32). The number of hydrogen-bond donors (Lipinski definition) is 1. The Balaban J connectivity index is 1.16. The summed E-state index contributed by atoms with van der Waals surface area (Å²) in [5.74, 6) is 3.48. The summed E-state index contributed by atoms with van der Waals surface area (Å²) in [5.41, 5.74) is 2.07. The smallest absolute Gasteiger partial charge is 0.271 e. The third-order valence-corrected chi connectivity index (χ3v) is 7.67. The van der Waals surface area contributed by atoms with Gasteiger partial charge in [-0.05, 0) is 42.0 Å². The zero-order valence-corrected chi connectivity index (χ0v) is 21.8. The zero-order chi connectivity index (χ0) is 25.9. The van der Waals surface area contributed by atoms with Crippen molar-refractivity contribution in [2.24, 2.45) is 0 Å². The van der Waals surface area contributed by atoms with Gasteiger partial charge in [0.25, 0.3) is 5.91 Å². The molecule has 1 aliphatic heterocycles. The van der Waals surface area contributed by atoms with E-state index in [9.17, 15) is 4.79 Å². The van der Waals surface area contributed by atoms with Crippen LogP contribution in [0.3, 0.4) is 0 Å². The summed E-state index contributed by atoms with van der Waals surface area (Å²) in [6, 6.07) is 16.9. The second-order valence-electron chi connectivity index (χ2n) is 8.08. The predicted octanol–water partition coefficient (Wildman–Crippen LogP) is 4.94. The molecule has 10 nitrogen and oxygen atoms in total. The van der Waals surface area contributed by atoms with Crippen LogP contribution in [0.4, 0.5) is 0 Å². The highest BCUT2D eigenvalue weighted by molar-refractivity contribution is 7.98. The molecule has 3 aromatic heterocycles. The number of aromatic nitrogens is 4. The Kier molecular flexibility index (Phi) is 6.71. The maximum Gasteiger partial charge on any atom is 0.271 e. The number of methoxy groups -OCH3 is 1. The van der Waals surface area contributed by atoms with Gasteiger partial charge in [0.15, 0.2) is 22.4 Å². The number of amides is 1. The molecule has 2 aromatic carbocycles. The van der Waals surface area contributed by atoms with E-state index in [1.165, 1.54) is 23.1 Å². The van der Waals surface area contributed by atoms with Crippen LogP contribution in [0.15, 0.2) is 75.8 Å². The molecule has 0 unspecified atom stereocenters. The van der Waals surface area contributed by atoms with Gasteiger partial charge in [-0.25, -0.2) is 4.98 Å². The topological polar surface area (TPSA) is 114 Å². The number of carbonyl (C=O) groups excluding carboxylic acids is 1. The van der Waals surface area contributed by atoms with Gasteiger partial charge in [0.2, 0.25) is 12.6 Å². The number of carbonyl (C=O) groups is 1. The van der Waals surface area contributed by atoms with Crippen LogP contribution in [-0.2, 0) is 12.3 Å². The number of fused-ring (bicyclic) bond motifs is 1. The van der Waals surface area contributed by atoms with Crippen molar-refractivity contribution >= 4 is 29.0 Å². The van der Waals surface area contributed by atoms with Crippen molar-refractivity contribution in [1.82, 2.24) is 25.1 Å². The number of thiazole rings is 1. The maximum absolute atomic E-state index is 12.7. The molecule has 1 aliphatic rings. The Morgan fingerprint density at radius 2 is 2.03 bits per heavy atom. The van der Waals surface area contributed by atoms with Crippen LogP contribution in [0.2, 0.25) is 0 Å². The molecular weight excluding hydrogens is 526 g/mol. The summed E-state index contributed by atoms with van der Waals surface area (Å²) in [5, 5.41) is 14.9. The molecule has 1 amide bonds. The quantitative estimate of drug-likeness (QED) is 0.256. The molecule has 0 fully saturated rings. The average molecular weight is 548 g/mol. The largest absolute Gasteiger partial charge is 0.495 e. The number of thioether (sulfide) groups is 1. The van der Waals surface area contributed by atoms with Gasteiger partial charge in [-0.3, -0.25) is 9.36 Å². The highest BCUT2D eigenvalue weighted by atomic mass is 32.2. The molecule has 38 heavy (non-hydrogen) atoms. The lowest BCUT2D eigenvalue weighted by molar-refractivity contribution is 0.0946. The van der Waals surface area contributed by atoms with Crippen LogP contribution in [0.5, 0.6) is 17.2 Å². The van der Waals surface area contributed by atoms with Gasteiger partial charge in [0, 0.05) is 11.9 Å². The molecule has 12 heteroatoms. The Morgan fingerprint density at radius 3 is 2.89 bits per heavy atom. The summed E-state index contributed by atoms with van der Waals surface area (Å²) in [6.07, 6.45) is 1.60. The lowest BCUT2D eigenvalue weighted by atomic mass is 10.2. The molecule has 0 bridgehead atoms. The average Bonchev–Trinajstić information content (AvgIpc) is 3.76. The zero-order valence-electron chi connectivity index (χ0n) is 20.1. The number of para-hydroxylation sites is 2. The van der Waals surface area contributed by atoms with E-state index in [2.05, 4.69) is 20.5 Å². The molecule has 0 saturated heterocycles. The minimum atomic E-state index is -0.243. The number of ether oxygens (including phenoxy) is 3. The van der Waals surface area contributed by atoms with Crippen LogP contribution in [0.25, 0.3) is 17.3 Å². The monoisotopic (exact) mass is 547 g/mol. The highest BCUT2D eigenvalue weighted by Crippen LogP contribution is 2.34. The Bertz CT molecular complexity index is 1580. The first-order valence-electron chi connectivity index (χ1n) is 11.6. The fraction of sp³-hybridized carbons (Fsp3) is 0.154. The summed E-state index contributed by atoms with van der Waals surface area (Å²) >= 11 is 2.88. The maximum atomic E-state index is 12.7. The van der Waals surface area contributed by atoms with Gasteiger partial charge < -0.3 is 23.9 Å². The third-order valence-electron chi connectivity index (χ3n) is 5.70. The van der Waals surface area contributed by atoms with Gasteiger partial charge >= 0.3 is 0 Å². The number of nitrogens with one attached hydrogen (secondary N) is 1. The Hall–Kier alpha value is -4.29. The van der Waals surface area contributed by atoms with E-state index in [0.29, 0.717) is 52.0 Å². The molecule has 0 aliphatic carbocycles. The van der Waals surface area contributed by atoms with Crippen molar-refractivity contribution in [3.8, 4) is 34.5 Å². The van der Waals surface area contributed by atoms with Crippen molar-refractivity contribution in [3.05, 3.63) is 82.5 Å². The van der Waals surface area contributed by atoms with Crippen LogP contribution < -0.4 is 19.5 Å². The van der Waals surface area contributed by atoms with E-state index in [0.717, 1.165) is 16.3 Å². The Morgan fingerprint density at radius 1 is 1.13 bits per heavy atom. The second-order valence-corrected chi connectivity index (χ2v) is 9.96. The van der Waals surface area contributed by atoms with Gasteiger partial charge in [-0.15, -0.1) is 21.5 Å². The van der Waals surface area contributed by atoms with Crippen molar-refractivity contribution in [2.75, 3.05) is 13.9 Å². The first-order chi connectivity index (χ1) is 18.7. The molecule has 0 saturated carbocycles.